The number of nitrogen functional groups attached to an aromatic ring is 1. The molecule has 0 aliphatic rings. The van der Waals surface area contributed by atoms with Crippen LogP contribution in [0.2, 0.25) is 0 Å². The summed E-state index contributed by atoms with van der Waals surface area (Å²) in [5, 5.41) is 0. The number of hydrogen-bond acceptors (Lipinski definition) is 4. The molecule has 0 atom stereocenters. The molecule has 0 aliphatic heterocycles. The lowest BCUT2D eigenvalue weighted by atomic mass is 10.3. The van der Waals surface area contributed by atoms with E-state index in [1.165, 1.54) is 0 Å². The largest absolute Gasteiger partial charge is 0.399 e. The number of anilines is 1. The van der Waals surface area contributed by atoms with E-state index in [0.717, 1.165) is 18.5 Å². The zero-order chi connectivity index (χ0) is 14.9. The molecule has 1 aromatic heterocycles. The number of benzene rings is 1. The van der Waals surface area contributed by atoms with Gasteiger partial charge in [0.2, 0.25) is 0 Å². The topological polar surface area (TPSA) is 73.1 Å². The van der Waals surface area contributed by atoms with E-state index in [1.54, 1.807) is 0 Å². The molecule has 0 spiro atoms. The maximum Gasteiger partial charge on any atom is 0.188 e. The molecule has 0 unspecified atom stereocenters. The SMILES string of the molecule is Nc1cc(F)c(S(=O)(=O)Cc2cncc(F)c2)c(F)c1. The molecule has 0 radical (unpaired) electrons. The second kappa shape index (κ2) is 5.12. The van der Waals surface area contributed by atoms with Gasteiger partial charge in [0.15, 0.2) is 9.84 Å². The highest BCUT2D eigenvalue weighted by Crippen LogP contribution is 2.25. The van der Waals surface area contributed by atoms with Crippen molar-refractivity contribution in [2.24, 2.45) is 0 Å². The van der Waals surface area contributed by atoms with E-state index in [4.69, 9.17) is 5.73 Å². The smallest absolute Gasteiger partial charge is 0.188 e. The first-order valence-corrected chi connectivity index (χ1v) is 7.01. The van der Waals surface area contributed by atoms with Gasteiger partial charge in [-0.2, -0.15) is 0 Å². The van der Waals surface area contributed by atoms with Crippen LogP contribution in [-0.2, 0) is 15.6 Å². The number of nitrogens with two attached hydrogens (primary N) is 1. The minimum absolute atomic E-state index is 0.0133. The summed E-state index contributed by atoms with van der Waals surface area (Å²) in [6.07, 6.45) is 1.99. The van der Waals surface area contributed by atoms with Gasteiger partial charge < -0.3 is 5.73 Å². The van der Waals surface area contributed by atoms with Crippen molar-refractivity contribution < 1.29 is 21.6 Å². The molecule has 2 aromatic rings. The zero-order valence-corrected chi connectivity index (χ0v) is 10.8. The quantitative estimate of drug-likeness (QED) is 0.881. The molecular weight excluding hydrogens is 293 g/mol. The summed E-state index contributed by atoms with van der Waals surface area (Å²) in [6.45, 7) is 0. The third kappa shape index (κ3) is 2.90. The average molecular weight is 302 g/mol. The predicted molar refractivity (Wildman–Crippen MR) is 65.9 cm³/mol. The van der Waals surface area contributed by atoms with Gasteiger partial charge in [-0.25, -0.2) is 21.6 Å². The predicted octanol–water partition coefficient (Wildman–Crippen LogP) is 2.06. The lowest BCUT2D eigenvalue weighted by Crippen LogP contribution is -2.11. The number of sulfone groups is 1. The Morgan fingerprint density at radius 1 is 1.05 bits per heavy atom. The van der Waals surface area contributed by atoms with Crippen LogP contribution in [0.5, 0.6) is 0 Å². The number of aromatic nitrogens is 1. The number of hydrogen-bond donors (Lipinski definition) is 1. The molecule has 0 bridgehead atoms. The maximum atomic E-state index is 13.6. The van der Waals surface area contributed by atoms with E-state index in [-0.39, 0.29) is 11.3 Å². The highest BCUT2D eigenvalue weighted by Gasteiger charge is 2.25. The molecule has 0 saturated carbocycles. The minimum Gasteiger partial charge on any atom is -0.399 e. The van der Waals surface area contributed by atoms with Gasteiger partial charge in [-0.3, -0.25) is 4.98 Å². The molecule has 1 heterocycles. The molecule has 4 nitrogen and oxygen atoms in total. The van der Waals surface area contributed by atoms with Gasteiger partial charge in [-0.05, 0) is 23.8 Å². The standard InChI is InChI=1S/C12H9F3N2O2S/c13-8-1-7(4-17-5-8)6-20(18,19)12-10(14)2-9(16)3-11(12)15/h1-5H,6,16H2. The summed E-state index contributed by atoms with van der Waals surface area (Å²) in [6, 6.07) is 2.34. The van der Waals surface area contributed by atoms with Crippen LogP contribution in [-0.4, -0.2) is 13.4 Å². The number of rotatable bonds is 3. The number of pyridine rings is 1. The van der Waals surface area contributed by atoms with Crippen molar-refractivity contribution in [3.8, 4) is 0 Å². The molecule has 0 fully saturated rings. The first-order valence-electron chi connectivity index (χ1n) is 5.36. The fourth-order valence-electron chi connectivity index (χ4n) is 1.70. The van der Waals surface area contributed by atoms with Crippen molar-refractivity contribution in [2.45, 2.75) is 10.6 Å². The van der Waals surface area contributed by atoms with Crippen LogP contribution in [0, 0.1) is 17.5 Å². The lowest BCUT2D eigenvalue weighted by Gasteiger charge is -2.08. The summed E-state index contributed by atoms with van der Waals surface area (Å²) in [7, 11) is -4.32. The van der Waals surface area contributed by atoms with Crippen LogP contribution in [0.15, 0.2) is 35.5 Å². The molecule has 0 saturated heterocycles. The number of nitrogens with zero attached hydrogens (tertiary/aromatic N) is 1. The van der Waals surface area contributed by atoms with E-state index < -0.39 is 37.9 Å². The van der Waals surface area contributed by atoms with Gasteiger partial charge >= 0.3 is 0 Å². The number of halogens is 3. The minimum atomic E-state index is -4.32. The first-order chi connectivity index (χ1) is 9.29. The summed E-state index contributed by atoms with van der Waals surface area (Å²) in [4.78, 5) is 2.39. The molecule has 20 heavy (non-hydrogen) atoms. The molecule has 1 aromatic carbocycles. The van der Waals surface area contributed by atoms with Crippen molar-refractivity contribution in [1.82, 2.24) is 4.98 Å². The van der Waals surface area contributed by atoms with Crippen LogP contribution in [0.4, 0.5) is 18.9 Å². The fourth-order valence-corrected chi connectivity index (χ4v) is 3.16. The van der Waals surface area contributed by atoms with Gasteiger partial charge in [0.05, 0.1) is 11.9 Å². The van der Waals surface area contributed by atoms with Crippen molar-refractivity contribution in [3.63, 3.8) is 0 Å². The Labute approximate surface area is 113 Å². The van der Waals surface area contributed by atoms with E-state index in [0.29, 0.717) is 12.1 Å². The third-order valence-electron chi connectivity index (χ3n) is 2.45. The highest BCUT2D eigenvalue weighted by atomic mass is 32.2. The third-order valence-corrected chi connectivity index (χ3v) is 4.18. The van der Waals surface area contributed by atoms with Gasteiger partial charge in [0, 0.05) is 11.9 Å². The average Bonchev–Trinajstić information content (AvgIpc) is 2.25. The van der Waals surface area contributed by atoms with Gasteiger partial charge in [-0.1, -0.05) is 0 Å². The van der Waals surface area contributed by atoms with Gasteiger partial charge in [-0.15, -0.1) is 0 Å². The van der Waals surface area contributed by atoms with Crippen LogP contribution >= 0.6 is 0 Å². The van der Waals surface area contributed by atoms with E-state index in [2.05, 4.69) is 4.98 Å². The zero-order valence-electron chi connectivity index (χ0n) is 9.98. The Bertz CT molecular complexity index is 740. The van der Waals surface area contributed by atoms with Crippen LogP contribution < -0.4 is 5.73 Å². The van der Waals surface area contributed by atoms with E-state index in [1.807, 2.05) is 0 Å². The van der Waals surface area contributed by atoms with Gasteiger partial charge in [0.1, 0.15) is 22.3 Å². The van der Waals surface area contributed by atoms with E-state index in [9.17, 15) is 21.6 Å². The molecule has 0 aliphatic carbocycles. The van der Waals surface area contributed by atoms with Crippen molar-refractivity contribution in [3.05, 3.63) is 53.6 Å². The fraction of sp³-hybridized carbons (Fsp3) is 0.0833. The Morgan fingerprint density at radius 2 is 1.65 bits per heavy atom. The monoisotopic (exact) mass is 302 g/mol. The van der Waals surface area contributed by atoms with Crippen LogP contribution in [0.1, 0.15) is 5.56 Å². The molecule has 106 valence electrons. The lowest BCUT2D eigenvalue weighted by molar-refractivity contribution is 0.520. The second-order valence-corrected chi connectivity index (χ2v) is 6.01. The summed E-state index contributed by atoms with van der Waals surface area (Å²) in [5.74, 6) is -4.08. The van der Waals surface area contributed by atoms with Crippen LogP contribution in [0.25, 0.3) is 0 Å². The molecule has 0 amide bonds. The summed E-state index contributed by atoms with van der Waals surface area (Å²) in [5.41, 5.74) is 4.97. The Hall–Kier alpha value is -2.09. The molecular formula is C12H9F3N2O2S. The normalized spacial score (nSPS) is 11.6. The summed E-state index contributed by atoms with van der Waals surface area (Å²) >= 11 is 0. The van der Waals surface area contributed by atoms with E-state index >= 15 is 0 Å². The Morgan fingerprint density at radius 3 is 2.20 bits per heavy atom. The Kier molecular flexibility index (Phi) is 3.67. The van der Waals surface area contributed by atoms with Gasteiger partial charge in [0.25, 0.3) is 0 Å². The Balaban J connectivity index is 2.46. The van der Waals surface area contributed by atoms with Crippen LogP contribution in [0.3, 0.4) is 0 Å². The van der Waals surface area contributed by atoms with Crippen molar-refractivity contribution >= 4 is 15.5 Å². The molecule has 8 heteroatoms. The molecule has 2 N–H and O–H groups in total. The second-order valence-electron chi connectivity index (χ2n) is 4.08. The first kappa shape index (κ1) is 14.3. The molecule has 2 rings (SSSR count). The maximum absolute atomic E-state index is 13.6. The van der Waals surface area contributed by atoms with Crippen molar-refractivity contribution in [1.29, 1.82) is 0 Å². The summed E-state index contributed by atoms with van der Waals surface area (Å²) < 4.78 is 64.1. The van der Waals surface area contributed by atoms with Crippen molar-refractivity contribution in [2.75, 3.05) is 5.73 Å². The highest BCUT2D eigenvalue weighted by molar-refractivity contribution is 7.90.